The van der Waals surface area contributed by atoms with Gasteiger partial charge in [0.15, 0.2) is 0 Å². The van der Waals surface area contributed by atoms with Gasteiger partial charge in [-0.15, -0.1) is 0 Å². The van der Waals surface area contributed by atoms with Crippen molar-refractivity contribution in [2.24, 2.45) is 5.92 Å². The lowest BCUT2D eigenvalue weighted by Crippen LogP contribution is -2.46. The Morgan fingerprint density at radius 2 is 1.82 bits per heavy atom. The van der Waals surface area contributed by atoms with Crippen LogP contribution in [0.2, 0.25) is 0 Å². The number of nitrogens with one attached hydrogen (secondary N) is 1. The summed E-state index contributed by atoms with van der Waals surface area (Å²) in [6.07, 6.45) is 7.55. The molecule has 2 aliphatic rings. The van der Waals surface area contributed by atoms with Gasteiger partial charge in [-0.3, -0.25) is 4.79 Å². The second-order valence-electron chi connectivity index (χ2n) is 9.57. The zero-order valence-corrected chi connectivity index (χ0v) is 20.4. The molecule has 2 atom stereocenters. The van der Waals surface area contributed by atoms with Crippen molar-refractivity contribution in [1.82, 2.24) is 9.62 Å². The Balaban J connectivity index is 1.31. The number of rotatable bonds is 8. The summed E-state index contributed by atoms with van der Waals surface area (Å²) in [5, 5.41) is 3.15. The fourth-order valence-corrected chi connectivity index (χ4v) is 6.66. The lowest BCUT2D eigenvalue weighted by molar-refractivity contribution is -0.126. The molecule has 33 heavy (non-hydrogen) atoms. The van der Waals surface area contributed by atoms with E-state index in [1.165, 1.54) is 28.3 Å². The van der Waals surface area contributed by atoms with Crippen LogP contribution in [0.15, 0.2) is 48.5 Å². The zero-order valence-electron chi connectivity index (χ0n) is 19.6. The lowest BCUT2D eigenvalue weighted by Gasteiger charge is -2.32. The first-order valence-corrected chi connectivity index (χ1v) is 14.0. The van der Waals surface area contributed by atoms with Crippen LogP contribution in [0.25, 0.3) is 0 Å². The summed E-state index contributed by atoms with van der Waals surface area (Å²) in [5.74, 6) is -0.200. The summed E-state index contributed by atoms with van der Waals surface area (Å²) in [4.78, 5) is 13.0. The van der Waals surface area contributed by atoms with E-state index in [2.05, 4.69) is 23.5 Å². The van der Waals surface area contributed by atoms with Crippen LogP contribution in [0.3, 0.4) is 0 Å². The van der Waals surface area contributed by atoms with Crippen molar-refractivity contribution in [3.63, 3.8) is 0 Å². The molecule has 2 aromatic carbocycles. The van der Waals surface area contributed by atoms with Crippen LogP contribution < -0.4 is 5.32 Å². The van der Waals surface area contributed by atoms with Gasteiger partial charge in [0.25, 0.3) is 0 Å². The second-order valence-corrected chi connectivity index (χ2v) is 11.7. The van der Waals surface area contributed by atoms with Crippen molar-refractivity contribution < 1.29 is 13.2 Å². The Hall–Kier alpha value is -2.18. The molecule has 1 aliphatic heterocycles. The molecular formula is C27H36N2O3S. The van der Waals surface area contributed by atoms with Gasteiger partial charge in [0.1, 0.15) is 0 Å². The van der Waals surface area contributed by atoms with E-state index in [0.717, 1.165) is 43.2 Å². The number of benzene rings is 2. The fourth-order valence-electron chi connectivity index (χ4n) is 5.08. The summed E-state index contributed by atoms with van der Waals surface area (Å²) in [6.45, 7) is 2.82. The highest BCUT2D eigenvalue weighted by atomic mass is 32.2. The highest BCUT2D eigenvalue weighted by molar-refractivity contribution is 7.89. The predicted molar refractivity (Wildman–Crippen MR) is 132 cm³/mol. The quantitative estimate of drug-likeness (QED) is 0.624. The number of aryl methyl sites for hydroxylation is 3. The van der Waals surface area contributed by atoms with E-state index in [4.69, 9.17) is 0 Å². The zero-order chi connectivity index (χ0) is 23.3. The Morgan fingerprint density at radius 3 is 2.61 bits per heavy atom. The molecule has 0 radical (unpaired) electrons. The molecule has 1 fully saturated rings. The predicted octanol–water partition coefficient (Wildman–Crippen LogP) is 4.42. The summed E-state index contributed by atoms with van der Waals surface area (Å²) >= 11 is 0. The monoisotopic (exact) mass is 468 g/mol. The molecule has 0 spiro atoms. The van der Waals surface area contributed by atoms with Crippen LogP contribution in [0.1, 0.15) is 67.3 Å². The molecule has 1 aliphatic carbocycles. The van der Waals surface area contributed by atoms with Crippen LogP contribution >= 0.6 is 0 Å². The van der Waals surface area contributed by atoms with Gasteiger partial charge in [0.2, 0.25) is 15.9 Å². The highest BCUT2D eigenvalue weighted by Crippen LogP contribution is 2.26. The van der Waals surface area contributed by atoms with E-state index in [9.17, 15) is 13.2 Å². The van der Waals surface area contributed by atoms with Gasteiger partial charge in [-0.25, -0.2) is 12.7 Å². The molecule has 0 bridgehead atoms. The van der Waals surface area contributed by atoms with Gasteiger partial charge in [-0.2, -0.15) is 0 Å². The smallest absolute Gasteiger partial charge is 0.224 e. The van der Waals surface area contributed by atoms with E-state index < -0.39 is 10.0 Å². The van der Waals surface area contributed by atoms with Crippen LogP contribution in [0.5, 0.6) is 0 Å². The summed E-state index contributed by atoms with van der Waals surface area (Å²) in [6, 6.07) is 16.5. The first-order valence-electron chi connectivity index (χ1n) is 12.4. The molecule has 1 N–H and O–H groups in total. The maximum absolute atomic E-state index is 13.0. The number of fused-ring (bicyclic) bond motifs is 1. The van der Waals surface area contributed by atoms with Gasteiger partial charge in [0, 0.05) is 13.1 Å². The minimum Gasteiger partial charge on any atom is -0.349 e. The third-order valence-electron chi connectivity index (χ3n) is 7.09. The molecule has 1 amide bonds. The molecule has 0 saturated carbocycles. The van der Waals surface area contributed by atoms with Gasteiger partial charge in [0.05, 0.1) is 17.7 Å². The number of carbonyl (C=O) groups excluding carboxylic acids is 1. The molecule has 6 heteroatoms. The van der Waals surface area contributed by atoms with Crippen molar-refractivity contribution in [2.45, 2.75) is 64.3 Å². The molecule has 4 rings (SSSR count). The number of piperidine rings is 1. The Labute approximate surface area is 198 Å². The Kier molecular flexibility index (Phi) is 7.86. The van der Waals surface area contributed by atoms with Crippen molar-refractivity contribution >= 4 is 15.9 Å². The Bertz CT molecular complexity index is 1050. The third-order valence-corrected chi connectivity index (χ3v) is 9.01. The van der Waals surface area contributed by atoms with Crippen LogP contribution in [0.4, 0.5) is 0 Å². The summed E-state index contributed by atoms with van der Waals surface area (Å²) in [5.41, 5.74) is 5.12. The van der Waals surface area contributed by atoms with Gasteiger partial charge < -0.3 is 5.32 Å². The van der Waals surface area contributed by atoms with E-state index in [-0.39, 0.29) is 30.2 Å². The first-order chi connectivity index (χ1) is 15.9. The molecule has 0 aromatic heterocycles. The maximum Gasteiger partial charge on any atom is 0.224 e. The van der Waals surface area contributed by atoms with Crippen molar-refractivity contribution in [2.75, 3.05) is 18.8 Å². The largest absolute Gasteiger partial charge is 0.349 e. The second kappa shape index (κ2) is 10.8. The number of sulfonamides is 1. The summed E-state index contributed by atoms with van der Waals surface area (Å²) in [7, 11) is -3.36. The maximum atomic E-state index is 13.0. The normalized spacial score (nSPS) is 20.1. The molecule has 5 nitrogen and oxygen atoms in total. The number of amides is 1. The van der Waals surface area contributed by atoms with Crippen LogP contribution in [-0.4, -0.2) is 37.5 Å². The molecule has 178 valence electrons. The van der Waals surface area contributed by atoms with E-state index in [1.807, 2.05) is 37.3 Å². The van der Waals surface area contributed by atoms with Crippen LogP contribution in [0, 0.1) is 5.92 Å². The van der Waals surface area contributed by atoms with Gasteiger partial charge in [-0.1, -0.05) is 48.5 Å². The molecule has 2 aromatic rings. The average Bonchev–Trinajstić information content (AvgIpc) is 2.84. The van der Waals surface area contributed by atoms with Crippen LogP contribution in [-0.2, 0) is 34.1 Å². The van der Waals surface area contributed by atoms with E-state index >= 15 is 0 Å². The third kappa shape index (κ3) is 6.24. The highest BCUT2D eigenvalue weighted by Gasteiger charge is 2.32. The summed E-state index contributed by atoms with van der Waals surface area (Å²) < 4.78 is 27.4. The van der Waals surface area contributed by atoms with E-state index in [1.54, 1.807) is 0 Å². The standard InChI is InChI=1S/C27H36N2O3S/c1-21(24-16-15-23-12-5-6-13-25(23)19-24)28-27(30)26-14-7-17-29(20-26)33(31,32)18-8-11-22-9-3-2-4-10-22/h2-4,9-10,15-16,19,21,26H,5-8,11-14,17-18,20H2,1H3,(H,28,30)/t21-,26+/m1/s1. The number of hydrogen-bond donors (Lipinski definition) is 1. The molecule has 1 saturated heterocycles. The first kappa shape index (κ1) is 24.0. The fraction of sp³-hybridized carbons (Fsp3) is 0.519. The van der Waals surface area contributed by atoms with Crippen molar-refractivity contribution in [3.8, 4) is 0 Å². The minimum atomic E-state index is -3.36. The number of nitrogens with zero attached hydrogens (tertiary/aromatic N) is 1. The van der Waals surface area contributed by atoms with Gasteiger partial charge in [-0.05, 0) is 80.5 Å². The topological polar surface area (TPSA) is 66.5 Å². The number of hydrogen-bond acceptors (Lipinski definition) is 3. The minimum absolute atomic E-state index is 0.0376. The average molecular weight is 469 g/mol. The SMILES string of the molecule is C[C@@H](NC(=O)[C@H]1CCCN(S(=O)(=O)CCCc2ccccc2)C1)c1ccc2c(c1)CCCC2. The van der Waals surface area contributed by atoms with Crippen molar-refractivity contribution in [3.05, 3.63) is 70.8 Å². The van der Waals surface area contributed by atoms with Crippen molar-refractivity contribution in [1.29, 1.82) is 0 Å². The van der Waals surface area contributed by atoms with Gasteiger partial charge >= 0.3 is 0 Å². The lowest BCUT2D eigenvalue weighted by atomic mass is 9.89. The molecule has 1 heterocycles. The Morgan fingerprint density at radius 1 is 1.06 bits per heavy atom. The molecule has 0 unspecified atom stereocenters. The number of carbonyl (C=O) groups is 1. The van der Waals surface area contributed by atoms with E-state index in [0.29, 0.717) is 13.0 Å². The molecular weight excluding hydrogens is 432 g/mol.